The van der Waals surface area contributed by atoms with E-state index in [-0.39, 0.29) is 11.2 Å². The molecule has 0 fully saturated rings. The average molecular weight is 179 g/mol. The van der Waals surface area contributed by atoms with Gasteiger partial charge in [-0.2, -0.15) is 0 Å². The van der Waals surface area contributed by atoms with Gasteiger partial charge in [0.1, 0.15) is 5.76 Å². The Morgan fingerprint density at radius 2 is 2.00 bits per heavy atom. The van der Waals surface area contributed by atoms with Gasteiger partial charge in [-0.05, 0) is 18.2 Å². The first-order chi connectivity index (χ1) is 5.91. The van der Waals surface area contributed by atoms with Crippen LogP contribution in [0.25, 0.3) is 0 Å². The molecule has 1 aliphatic carbocycles. The van der Waals surface area contributed by atoms with Crippen molar-refractivity contribution in [1.29, 1.82) is 0 Å². The van der Waals surface area contributed by atoms with Crippen LogP contribution in [0.3, 0.4) is 0 Å². The highest BCUT2D eigenvalue weighted by molar-refractivity contribution is 5.95. The van der Waals surface area contributed by atoms with E-state index in [2.05, 4.69) is 0 Å². The fraction of sp³-hybridized carbons (Fsp3) is 0.300. The summed E-state index contributed by atoms with van der Waals surface area (Å²) in [5.41, 5.74) is 5.21. The van der Waals surface area contributed by atoms with Gasteiger partial charge in [0, 0.05) is 11.0 Å². The van der Waals surface area contributed by atoms with Crippen LogP contribution in [-0.4, -0.2) is 11.0 Å². The standard InChI is InChI=1S/C10H13NO2/c1-10(2)5-7(9(11)13)3-4-8(12)6-10/h3-6,12H,1-2H3,(H2,11,13). The molecule has 0 aromatic rings. The maximum absolute atomic E-state index is 10.9. The first-order valence-corrected chi connectivity index (χ1v) is 4.03. The van der Waals surface area contributed by atoms with Crippen LogP contribution in [0.5, 0.6) is 0 Å². The number of aliphatic hydroxyl groups is 1. The number of aliphatic hydroxyl groups excluding tert-OH is 1. The zero-order chi connectivity index (χ0) is 10.1. The Labute approximate surface area is 77.2 Å². The van der Waals surface area contributed by atoms with Crippen LogP contribution < -0.4 is 5.73 Å². The van der Waals surface area contributed by atoms with Crippen molar-refractivity contribution in [3.8, 4) is 0 Å². The molecule has 3 N–H and O–H groups in total. The van der Waals surface area contributed by atoms with E-state index in [9.17, 15) is 9.90 Å². The van der Waals surface area contributed by atoms with Crippen LogP contribution in [0.15, 0.2) is 35.6 Å². The third-order valence-corrected chi connectivity index (χ3v) is 1.77. The number of nitrogens with two attached hydrogens (primary N) is 1. The number of carbonyl (C=O) groups excluding carboxylic acids is 1. The molecular weight excluding hydrogens is 166 g/mol. The molecule has 0 saturated carbocycles. The molecule has 3 nitrogen and oxygen atoms in total. The number of amides is 1. The molecular formula is C10H13NO2. The second-order valence-corrected chi connectivity index (χ2v) is 3.69. The van der Waals surface area contributed by atoms with Gasteiger partial charge in [-0.25, -0.2) is 0 Å². The molecule has 0 saturated heterocycles. The van der Waals surface area contributed by atoms with Crippen LogP contribution in [0.4, 0.5) is 0 Å². The van der Waals surface area contributed by atoms with Crippen molar-refractivity contribution in [2.24, 2.45) is 11.1 Å². The van der Waals surface area contributed by atoms with E-state index < -0.39 is 5.91 Å². The molecule has 13 heavy (non-hydrogen) atoms. The molecule has 0 spiro atoms. The number of hydrogen-bond acceptors (Lipinski definition) is 2. The van der Waals surface area contributed by atoms with E-state index >= 15 is 0 Å². The van der Waals surface area contributed by atoms with E-state index in [0.717, 1.165) is 0 Å². The number of carbonyl (C=O) groups is 1. The van der Waals surface area contributed by atoms with Gasteiger partial charge in [0.15, 0.2) is 0 Å². The Morgan fingerprint density at radius 1 is 1.38 bits per heavy atom. The fourth-order valence-corrected chi connectivity index (χ4v) is 1.25. The second kappa shape index (κ2) is 3.09. The Kier molecular flexibility index (Phi) is 2.28. The lowest BCUT2D eigenvalue weighted by Gasteiger charge is -2.14. The fourth-order valence-electron chi connectivity index (χ4n) is 1.25. The zero-order valence-corrected chi connectivity index (χ0v) is 7.74. The van der Waals surface area contributed by atoms with Crippen molar-refractivity contribution in [3.63, 3.8) is 0 Å². The van der Waals surface area contributed by atoms with Crippen molar-refractivity contribution in [2.75, 3.05) is 0 Å². The summed E-state index contributed by atoms with van der Waals surface area (Å²) in [5, 5.41) is 9.31. The van der Waals surface area contributed by atoms with Crippen LogP contribution in [-0.2, 0) is 4.79 Å². The summed E-state index contributed by atoms with van der Waals surface area (Å²) in [5.74, 6) is -0.329. The molecule has 0 heterocycles. The topological polar surface area (TPSA) is 63.3 Å². The number of rotatable bonds is 1. The summed E-state index contributed by atoms with van der Waals surface area (Å²) in [4.78, 5) is 10.9. The molecule has 0 aliphatic heterocycles. The molecule has 0 aromatic heterocycles. The molecule has 0 atom stereocenters. The van der Waals surface area contributed by atoms with Gasteiger partial charge in [0.25, 0.3) is 0 Å². The normalized spacial score (nSPS) is 20.2. The van der Waals surface area contributed by atoms with E-state index in [1.807, 2.05) is 13.8 Å². The average Bonchev–Trinajstić information content (AvgIpc) is 2.07. The summed E-state index contributed by atoms with van der Waals surface area (Å²) in [6.07, 6.45) is 6.38. The summed E-state index contributed by atoms with van der Waals surface area (Å²) >= 11 is 0. The third-order valence-electron chi connectivity index (χ3n) is 1.77. The number of primary amides is 1. The molecule has 0 radical (unpaired) electrons. The Hall–Kier alpha value is -1.51. The molecule has 70 valence electrons. The number of hydrogen-bond donors (Lipinski definition) is 2. The zero-order valence-electron chi connectivity index (χ0n) is 7.74. The third kappa shape index (κ3) is 2.47. The van der Waals surface area contributed by atoms with E-state index in [4.69, 9.17) is 5.73 Å². The summed E-state index contributed by atoms with van der Waals surface area (Å²) in [7, 11) is 0. The van der Waals surface area contributed by atoms with Gasteiger partial charge >= 0.3 is 0 Å². The molecule has 0 bridgehead atoms. The van der Waals surface area contributed by atoms with Crippen molar-refractivity contribution in [2.45, 2.75) is 13.8 Å². The predicted molar refractivity (Wildman–Crippen MR) is 50.9 cm³/mol. The van der Waals surface area contributed by atoms with Gasteiger partial charge in [-0.1, -0.05) is 19.9 Å². The van der Waals surface area contributed by atoms with Crippen molar-refractivity contribution in [3.05, 3.63) is 35.6 Å². The highest BCUT2D eigenvalue weighted by atomic mass is 16.3. The van der Waals surface area contributed by atoms with Crippen LogP contribution in [0.1, 0.15) is 13.8 Å². The van der Waals surface area contributed by atoms with Crippen molar-refractivity contribution in [1.82, 2.24) is 0 Å². The van der Waals surface area contributed by atoms with Crippen LogP contribution in [0.2, 0.25) is 0 Å². The highest BCUT2D eigenvalue weighted by Gasteiger charge is 2.17. The first-order valence-electron chi connectivity index (χ1n) is 4.03. The lowest BCUT2D eigenvalue weighted by atomic mass is 9.91. The SMILES string of the molecule is CC1(C)C=C(O)C=CC(C(N)=O)=C1. The van der Waals surface area contributed by atoms with Gasteiger partial charge in [0.05, 0.1) is 0 Å². The van der Waals surface area contributed by atoms with Gasteiger partial charge in [-0.15, -0.1) is 0 Å². The highest BCUT2D eigenvalue weighted by Crippen LogP contribution is 2.25. The van der Waals surface area contributed by atoms with Crippen molar-refractivity contribution < 1.29 is 9.90 Å². The Morgan fingerprint density at radius 3 is 2.54 bits per heavy atom. The minimum atomic E-state index is -0.479. The minimum Gasteiger partial charge on any atom is -0.508 e. The summed E-state index contributed by atoms with van der Waals surface area (Å²) < 4.78 is 0. The van der Waals surface area contributed by atoms with Gasteiger partial charge < -0.3 is 10.8 Å². The lowest BCUT2D eigenvalue weighted by molar-refractivity contribution is -0.114. The molecule has 3 heteroatoms. The maximum Gasteiger partial charge on any atom is 0.248 e. The predicted octanol–water partition coefficient (Wildman–Crippen LogP) is 1.44. The van der Waals surface area contributed by atoms with E-state index in [1.165, 1.54) is 12.2 Å². The van der Waals surface area contributed by atoms with Crippen LogP contribution in [0, 0.1) is 5.41 Å². The van der Waals surface area contributed by atoms with Crippen molar-refractivity contribution >= 4 is 5.91 Å². The summed E-state index contributed by atoms with van der Waals surface area (Å²) in [6, 6.07) is 0. The lowest BCUT2D eigenvalue weighted by Crippen LogP contribution is -2.15. The first kappa shape index (κ1) is 9.58. The Bertz CT molecular complexity index is 322. The van der Waals surface area contributed by atoms with E-state index in [0.29, 0.717) is 5.57 Å². The van der Waals surface area contributed by atoms with E-state index in [1.54, 1.807) is 12.2 Å². The minimum absolute atomic E-state index is 0.150. The monoisotopic (exact) mass is 179 g/mol. The quantitative estimate of drug-likeness (QED) is 0.639. The molecule has 1 rings (SSSR count). The van der Waals surface area contributed by atoms with Gasteiger partial charge in [0.2, 0.25) is 5.91 Å². The molecule has 1 amide bonds. The smallest absolute Gasteiger partial charge is 0.248 e. The molecule has 1 aliphatic rings. The van der Waals surface area contributed by atoms with Gasteiger partial charge in [-0.3, -0.25) is 4.79 Å². The summed E-state index contributed by atoms with van der Waals surface area (Å²) in [6.45, 7) is 3.78. The Balaban J connectivity index is 3.11. The van der Waals surface area contributed by atoms with Crippen LogP contribution >= 0.6 is 0 Å². The molecule has 0 unspecified atom stereocenters. The molecule has 0 aromatic carbocycles. The maximum atomic E-state index is 10.9. The second-order valence-electron chi connectivity index (χ2n) is 3.69. The number of allylic oxidation sites excluding steroid dienone is 3. The largest absolute Gasteiger partial charge is 0.508 e.